The monoisotopic (exact) mass is 378 g/mol. The number of esters is 1. The van der Waals surface area contributed by atoms with Crippen molar-refractivity contribution in [3.05, 3.63) is 11.4 Å². The standard InChI is InChI=1S/C17H24N5O5/c1-10-11(2)22-13-14(18-16(22)20(10)7-6-8-26-4)19(3)17(25)21(15(13)24)9-12(23)27-5/h13H,6-9H2,1-5H3/q+1. The molecule has 1 unspecified atom stereocenters. The zero-order valence-electron chi connectivity index (χ0n) is 16.2. The minimum absolute atomic E-state index is 0.365. The van der Waals surface area contributed by atoms with Crippen molar-refractivity contribution in [3.8, 4) is 0 Å². The van der Waals surface area contributed by atoms with Gasteiger partial charge in [-0.25, -0.2) is 18.8 Å². The first-order valence-corrected chi connectivity index (χ1v) is 8.68. The van der Waals surface area contributed by atoms with E-state index < -0.39 is 30.5 Å². The van der Waals surface area contributed by atoms with Crippen molar-refractivity contribution in [3.63, 3.8) is 0 Å². The first kappa shape index (κ1) is 19.0. The van der Waals surface area contributed by atoms with Crippen LogP contribution in [0.25, 0.3) is 0 Å². The second-order valence-corrected chi connectivity index (χ2v) is 6.55. The Morgan fingerprint density at radius 2 is 1.96 bits per heavy atom. The number of amides is 3. The minimum atomic E-state index is -0.769. The maximum Gasteiger partial charge on any atom is 0.402 e. The number of methoxy groups -OCH3 is 2. The van der Waals surface area contributed by atoms with Crippen molar-refractivity contribution >= 4 is 29.7 Å². The number of nitrogens with zero attached hydrogens (tertiary/aromatic N) is 5. The lowest BCUT2D eigenvalue weighted by Crippen LogP contribution is -2.58. The SMILES string of the molecule is COCCC[n+]1c(C)c(C)n2c1N=C1C2C(=O)N(CC(=O)OC)C(=O)N1C. The maximum absolute atomic E-state index is 13.0. The van der Waals surface area contributed by atoms with E-state index in [0.717, 1.165) is 22.7 Å². The second kappa shape index (κ2) is 7.10. The molecule has 2 aliphatic rings. The summed E-state index contributed by atoms with van der Waals surface area (Å²) in [4.78, 5) is 44.1. The zero-order valence-corrected chi connectivity index (χ0v) is 16.2. The normalized spacial score (nSPS) is 18.6. The minimum Gasteiger partial charge on any atom is -0.468 e. The molecule has 27 heavy (non-hydrogen) atoms. The van der Waals surface area contributed by atoms with Crippen molar-refractivity contribution in [2.24, 2.45) is 4.99 Å². The van der Waals surface area contributed by atoms with Crippen molar-refractivity contribution in [2.45, 2.75) is 32.9 Å². The van der Waals surface area contributed by atoms with E-state index in [0.29, 0.717) is 24.9 Å². The maximum atomic E-state index is 13.0. The van der Waals surface area contributed by atoms with E-state index in [1.54, 1.807) is 14.2 Å². The van der Waals surface area contributed by atoms with Crippen molar-refractivity contribution in [1.29, 1.82) is 0 Å². The number of aliphatic imine (C=N–C) groups is 1. The lowest BCUT2D eigenvalue weighted by atomic mass is 10.1. The van der Waals surface area contributed by atoms with Gasteiger partial charge in [0.15, 0.2) is 0 Å². The van der Waals surface area contributed by atoms with Gasteiger partial charge in [0, 0.05) is 27.2 Å². The van der Waals surface area contributed by atoms with Crippen LogP contribution in [0.2, 0.25) is 0 Å². The fraction of sp³-hybridized carbons (Fsp3) is 0.588. The Morgan fingerprint density at radius 1 is 1.26 bits per heavy atom. The number of amidine groups is 1. The zero-order chi connectivity index (χ0) is 19.9. The topological polar surface area (TPSA) is 97.3 Å². The van der Waals surface area contributed by atoms with Gasteiger partial charge >= 0.3 is 17.9 Å². The number of imidazole rings is 1. The van der Waals surface area contributed by atoms with E-state index in [2.05, 4.69) is 9.73 Å². The Labute approximate surface area is 157 Å². The lowest BCUT2D eigenvalue weighted by molar-refractivity contribution is -0.689. The molecule has 0 radical (unpaired) electrons. The molecule has 0 N–H and O–H groups in total. The van der Waals surface area contributed by atoms with E-state index >= 15 is 0 Å². The molecule has 3 amide bonds. The molecule has 10 nitrogen and oxygen atoms in total. The molecule has 0 bridgehead atoms. The van der Waals surface area contributed by atoms with Crippen LogP contribution in [0.1, 0.15) is 23.9 Å². The molecule has 1 atom stereocenters. The summed E-state index contributed by atoms with van der Waals surface area (Å²) in [6, 6.07) is -1.36. The van der Waals surface area contributed by atoms with Crippen LogP contribution in [0.3, 0.4) is 0 Å². The fourth-order valence-corrected chi connectivity index (χ4v) is 3.48. The lowest BCUT2D eigenvalue weighted by Gasteiger charge is -2.32. The number of carbonyl (C=O) groups excluding carboxylic acids is 3. The molecule has 1 saturated heterocycles. The number of carbonyl (C=O) groups is 3. The number of imide groups is 1. The summed E-state index contributed by atoms with van der Waals surface area (Å²) < 4.78 is 13.6. The predicted octanol–water partition coefficient (Wildman–Crippen LogP) is 0.0806. The van der Waals surface area contributed by atoms with Gasteiger partial charge in [0.1, 0.15) is 17.9 Å². The smallest absolute Gasteiger partial charge is 0.402 e. The summed E-state index contributed by atoms with van der Waals surface area (Å²) in [5.74, 6) is -0.152. The average molecular weight is 378 g/mol. The van der Waals surface area contributed by atoms with Crippen molar-refractivity contribution in [1.82, 2.24) is 14.4 Å². The van der Waals surface area contributed by atoms with Gasteiger partial charge in [-0.3, -0.25) is 14.5 Å². The van der Waals surface area contributed by atoms with Crippen LogP contribution in [-0.2, 0) is 25.6 Å². The Bertz CT molecular complexity index is 843. The average Bonchev–Trinajstić information content (AvgIpc) is 3.15. The van der Waals surface area contributed by atoms with Gasteiger partial charge in [0.2, 0.25) is 11.9 Å². The summed E-state index contributed by atoms with van der Waals surface area (Å²) in [6.45, 7) is 4.75. The number of rotatable bonds is 6. The fourth-order valence-electron chi connectivity index (χ4n) is 3.48. The molecule has 3 rings (SSSR count). The summed E-state index contributed by atoms with van der Waals surface area (Å²) >= 11 is 0. The third-order valence-corrected chi connectivity index (χ3v) is 5.07. The number of aromatic nitrogens is 2. The Morgan fingerprint density at radius 3 is 2.59 bits per heavy atom. The molecule has 0 aliphatic carbocycles. The highest BCUT2D eigenvalue weighted by atomic mass is 16.5. The quantitative estimate of drug-likeness (QED) is 0.397. The number of hydrogen-bond acceptors (Lipinski definition) is 6. The number of likely N-dealkylation sites (N-methyl/N-ethyl adjacent to an activating group) is 1. The van der Waals surface area contributed by atoms with Gasteiger partial charge in [0.05, 0.1) is 13.7 Å². The Kier molecular flexibility index (Phi) is 5.01. The van der Waals surface area contributed by atoms with E-state index in [1.165, 1.54) is 12.0 Å². The molecule has 146 valence electrons. The molecular weight excluding hydrogens is 354 g/mol. The van der Waals surface area contributed by atoms with Crippen molar-refractivity contribution in [2.75, 3.05) is 34.4 Å². The van der Waals surface area contributed by atoms with Crippen LogP contribution in [-0.4, -0.2) is 72.5 Å². The predicted molar refractivity (Wildman–Crippen MR) is 93.6 cm³/mol. The van der Waals surface area contributed by atoms with Gasteiger partial charge in [-0.15, -0.1) is 0 Å². The first-order valence-electron chi connectivity index (χ1n) is 8.68. The molecule has 3 heterocycles. The highest BCUT2D eigenvalue weighted by molar-refractivity contribution is 6.21. The molecule has 0 aromatic carbocycles. The summed E-state index contributed by atoms with van der Waals surface area (Å²) in [7, 11) is 4.42. The van der Waals surface area contributed by atoms with Crippen LogP contribution in [0.5, 0.6) is 0 Å². The number of fused-ring (bicyclic) bond motifs is 3. The highest BCUT2D eigenvalue weighted by Gasteiger charge is 2.54. The molecule has 1 fully saturated rings. The second-order valence-electron chi connectivity index (χ2n) is 6.55. The molecule has 1 aromatic heterocycles. The number of urea groups is 1. The van der Waals surface area contributed by atoms with Gasteiger partial charge in [0.25, 0.3) is 5.91 Å². The third-order valence-electron chi connectivity index (χ3n) is 5.07. The largest absolute Gasteiger partial charge is 0.468 e. The van der Waals surface area contributed by atoms with Crippen LogP contribution in [0, 0.1) is 13.8 Å². The molecule has 1 aromatic rings. The van der Waals surface area contributed by atoms with E-state index in [1.807, 2.05) is 23.0 Å². The Balaban J connectivity index is 2.02. The molecule has 10 heteroatoms. The van der Waals surface area contributed by atoms with Crippen molar-refractivity contribution < 1.29 is 28.4 Å². The molecule has 0 spiro atoms. The molecule has 2 aliphatic heterocycles. The van der Waals surface area contributed by atoms with Gasteiger partial charge in [-0.2, -0.15) is 0 Å². The van der Waals surface area contributed by atoms with Gasteiger partial charge < -0.3 is 9.47 Å². The van der Waals surface area contributed by atoms with Gasteiger partial charge in [-0.1, -0.05) is 4.99 Å². The number of ether oxygens (including phenoxy) is 2. The summed E-state index contributed by atoms with van der Waals surface area (Å²) in [5.41, 5.74) is 1.89. The van der Waals surface area contributed by atoms with E-state index in [4.69, 9.17) is 4.74 Å². The third kappa shape index (κ3) is 2.89. The van der Waals surface area contributed by atoms with Crippen LogP contribution in [0.15, 0.2) is 4.99 Å². The summed E-state index contributed by atoms with van der Waals surface area (Å²) in [6.07, 6.45) is 0.797. The first-order chi connectivity index (χ1) is 12.8. The Hall–Kier alpha value is -2.75. The molecule has 0 saturated carbocycles. The van der Waals surface area contributed by atoms with Gasteiger partial charge in [-0.05, 0) is 13.8 Å². The highest BCUT2D eigenvalue weighted by Crippen LogP contribution is 2.35. The van der Waals surface area contributed by atoms with E-state index in [-0.39, 0.29) is 0 Å². The van der Waals surface area contributed by atoms with Crippen LogP contribution >= 0.6 is 0 Å². The van der Waals surface area contributed by atoms with Crippen LogP contribution < -0.4 is 4.57 Å². The molecular formula is C17H24N5O5+. The summed E-state index contributed by atoms with van der Waals surface area (Å²) in [5, 5.41) is 0. The number of hydrogen-bond donors (Lipinski definition) is 0. The van der Waals surface area contributed by atoms with Crippen LogP contribution in [0.4, 0.5) is 10.7 Å². The van der Waals surface area contributed by atoms with E-state index in [9.17, 15) is 14.4 Å².